The van der Waals surface area contributed by atoms with Gasteiger partial charge in [0.05, 0.1) is 11.0 Å². The van der Waals surface area contributed by atoms with E-state index in [1.807, 2.05) is 66.6 Å². The maximum absolute atomic E-state index is 12.8. The number of carbonyl (C=O) groups is 1. The van der Waals surface area contributed by atoms with Crippen LogP contribution >= 0.6 is 15.9 Å². The second kappa shape index (κ2) is 6.88. The van der Waals surface area contributed by atoms with Crippen LogP contribution in [0.5, 0.6) is 0 Å². The minimum absolute atomic E-state index is 0.0936. The summed E-state index contributed by atoms with van der Waals surface area (Å²) in [5.74, 6) is 1.25. The molecule has 0 saturated carbocycles. The standard InChI is InChI=1S/C20H17BrN4O/c1-24-11-12-25(18(26)10-9-14-5-4-6-15(21)13-14)20-19(24)22-16-7-2-3-8-17(16)23-20/h2-10,13H,11-12H2,1H3/b10-9+. The third-order valence-electron chi connectivity index (χ3n) is 4.34. The van der Waals surface area contributed by atoms with Gasteiger partial charge in [-0.15, -0.1) is 0 Å². The number of hydrogen-bond acceptors (Lipinski definition) is 4. The average Bonchev–Trinajstić information content (AvgIpc) is 2.65. The molecule has 0 fully saturated rings. The van der Waals surface area contributed by atoms with Gasteiger partial charge >= 0.3 is 0 Å². The lowest BCUT2D eigenvalue weighted by atomic mass is 10.2. The quantitative estimate of drug-likeness (QED) is 0.603. The van der Waals surface area contributed by atoms with Crippen LogP contribution < -0.4 is 9.80 Å². The first-order chi connectivity index (χ1) is 12.6. The number of anilines is 2. The highest BCUT2D eigenvalue weighted by molar-refractivity contribution is 9.10. The maximum Gasteiger partial charge on any atom is 0.252 e. The van der Waals surface area contributed by atoms with Crippen molar-refractivity contribution < 1.29 is 4.79 Å². The minimum atomic E-state index is -0.0936. The first kappa shape index (κ1) is 16.7. The predicted molar refractivity (Wildman–Crippen MR) is 108 cm³/mol. The lowest BCUT2D eigenvalue weighted by molar-refractivity contribution is -0.114. The summed E-state index contributed by atoms with van der Waals surface area (Å²) in [6.45, 7) is 1.30. The molecule has 1 amide bonds. The van der Waals surface area contributed by atoms with E-state index in [1.54, 1.807) is 11.0 Å². The SMILES string of the molecule is CN1CCN(C(=O)/C=C/c2cccc(Br)c2)c2nc3ccccc3nc21. The van der Waals surface area contributed by atoms with Crippen molar-refractivity contribution >= 4 is 50.6 Å². The van der Waals surface area contributed by atoms with E-state index < -0.39 is 0 Å². The molecule has 5 nitrogen and oxygen atoms in total. The average molecular weight is 409 g/mol. The third kappa shape index (κ3) is 3.20. The van der Waals surface area contributed by atoms with Gasteiger partial charge in [-0.2, -0.15) is 0 Å². The van der Waals surface area contributed by atoms with Crippen LogP contribution in [0.2, 0.25) is 0 Å². The molecule has 0 atom stereocenters. The zero-order valence-corrected chi connectivity index (χ0v) is 15.8. The van der Waals surface area contributed by atoms with Crippen molar-refractivity contribution in [2.24, 2.45) is 0 Å². The van der Waals surface area contributed by atoms with Gasteiger partial charge in [-0.05, 0) is 35.9 Å². The molecule has 0 bridgehead atoms. The summed E-state index contributed by atoms with van der Waals surface area (Å²) in [5.41, 5.74) is 2.58. The predicted octanol–water partition coefficient (Wildman–Crippen LogP) is 3.89. The first-order valence-corrected chi connectivity index (χ1v) is 9.14. The van der Waals surface area contributed by atoms with Gasteiger partial charge in [-0.3, -0.25) is 9.69 Å². The van der Waals surface area contributed by atoms with Crippen LogP contribution in [-0.2, 0) is 4.79 Å². The van der Waals surface area contributed by atoms with Crippen molar-refractivity contribution in [3.05, 3.63) is 64.6 Å². The number of carbonyl (C=O) groups excluding carboxylic acids is 1. The van der Waals surface area contributed by atoms with Crippen LogP contribution in [0.1, 0.15) is 5.56 Å². The molecule has 0 radical (unpaired) electrons. The topological polar surface area (TPSA) is 49.3 Å². The molecule has 3 aromatic rings. The molecular formula is C20H17BrN4O. The summed E-state index contributed by atoms with van der Waals surface area (Å²) in [4.78, 5) is 25.9. The molecule has 1 aromatic heterocycles. The number of aromatic nitrogens is 2. The fourth-order valence-electron chi connectivity index (χ4n) is 2.96. The number of rotatable bonds is 2. The summed E-state index contributed by atoms with van der Waals surface area (Å²) in [6.07, 6.45) is 3.41. The van der Waals surface area contributed by atoms with Crippen LogP contribution in [-0.4, -0.2) is 36.0 Å². The summed E-state index contributed by atoms with van der Waals surface area (Å²) in [6, 6.07) is 15.5. The Labute approximate surface area is 160 Å². The van der Waals surface area contributed by atoms with Crippen LogP contribution in [0, 0.1) is 0 Å². The largest absolute Gasteiger partial charge is 0.355 e. The fourth-order valence-corrected chi connectivity index (χ4v) is 3.38. The van der Waals surface area contributed by atoms with Crippen molar-refractivity contribution in [2.45, 2.75) is 0 Å². The second-order valence-corrected chi connectivity index (χ2v) is 7.07. The van der Waals surface area contributed by atoms with Gasteiger partial charge < -0.3 is 4.90 Å². The van der Waals surface area contributed by atoms with E-state index in [4.69, 9.17) is 9.97 Å². The molecule has 0 saturated heterocycles. The number of likely N-dealkylation sites (N-methyl/N-ethyl adjacent to an activating group) is 1. The molecule has 0 aliphatic carbocycles. The molecule has 0 unspecified atom stereocenters. The number of benzene rings is 2. The number of amides is 1. The number of fused-ring (bicyclic) bond motifs is 2. The molecule has 1 aliphatic rings. The van der Waals surface area contributed by atoms with Gasteiger partial charge in [0.15, 0.2) is 11.6 Å². The Balaban J connectivity index is 1.68. The zero-order chi connectivity index (χ0) is 18.1. The molecule has 2 aromatic carbocycles. The van der Waals surface area contributed by atoms with Gasteiger partial charge in [0.1, 0.15) is 0 Å². The lowest BCUT2D eigenvalue weighted by Gasteiger charge is -2.33. The molecular weight excluding hydrogens is 392 g/mol. The zero-order valence-electron chi connectivity index (χ0n) is 14.3. The number of nitrogens with zero attached hydrogens (tertiary/aromatic N) is 4. The summed E-state index contributed by atoms with van der Waals surface area (Å²) < 4.78 is 0.981. The second-order valence-electron chi connectivity index (χ2n) is 6.16. The van der Waals surface area contributed by atoms with Gasteiger partial charge in [-0.25, -0.2) is 9.97 Å². The van der Waals surface area contributed by atoms with E-state index >= 15 is 0 Å². The first-order valence-electron chi connectivity index (χ1n) is 8.35. The Hall–Kier alpha value is -2.73. The van der Waals surface area contributed by atoms with Gasteiger partial charge in [-0.1, -0.05) is 40.2 Å². The Morgan fingerprint density at radius 1 is 1.04 bits per heavy atom. The summed E-state index contributed by atoms with van der Waals surface area (Å²) in [5, 5.41) is 0. The van der Waals surface area contributed by atoms with E-state index in [-0.39, 0.29) is 5.91 Å². The van der Waals surface area contributed by atoms with Crippen LogP contribution in [0.15, 0.2) is 59.1 Å². The number of hydrogen-bond donors (Lipinski definition) is 0. The highest BCUT2D eigenvalue weighted by Crippen LogP contribution is 2.30. The molecule has 0 spiro atoms. The maximum atomic E-state index is 12.8. The van der Waals surface area contributed by atoms with Crippen LogP contribution in [0.4, 0.5) is 11.6 Å². The molecule has 0 N–H and O–H groups in total. The highest BCUT2D eigenvalue weighted by Gasteiger charge is 2.27. The van der Waals surface area contributed by atoms with E-state index in [9.17, 15) is 4.79 Å². The van der Waals surface area contributed by atoms with Crippen molar-refractivity contribution in [1.82, 2.24) is 9.97 Å². The Kier molecular flexibility index (Phi) is 4.42. The summed E-state index contributed by atoms with van der Waals surface area (Å²) >= 11 is 3.44. The molecule has 26 heavy (non-hydrogen) atoms. The van der Waals surface area contributed by atoms with Crippen molar-refractivity contribution in [1.29, 1.82) is 0 Å². The van der Waals surface area contributed by atoms with Gasteiger partial charge in [0.25, 0.3) is 5.91 Å². The molecule has 4 rings (SSSR count). The van der Waals surface area contributed by atoms with Gasteiger partial charge in [0.2, 0.25) is 0 Å². The summed E-state index contributed by atoms with van der Waals surface area (Å²) in [7, 11) is 1.97. The van der Waals surface area contributed by atoms with Crippen LogP contribution in [0.3, 0.4) is 0 Å². The van der Waals surface area contributed by atoms with E-state index in [0.717, 1.165) is 33.4 Å². The number of para-hydroxylation sites is 2. The van der Waals surface area contributed by atoms with Crippen LogP contribution in [0.25, 0.3) is 17.1 Å². The van der Waals surface area contributed by atoms with Gasteiger partial charge in [0, 0.05) is 30.7 Å². The molecule has 6 heteroatoms. The van der Waals surface area contributed by atoms with E-state index in [1.165, 1.54) is 0 Å². The lowest BCUT2D eigenvalue weighted by Crippen LogP contribution is -2.43. The van der Waals surface area contributed by atoms with Crippen molar-refractivity contribution in [3.8, 4) is 0 Å². The van der Waals surface area contributed by atoms with E-state index in [2.05, 4.69) is 15.9 Å². The molecule has 1 aliphatic heterocycles. The van der Waals surface area contributed by atoms with Crippen molar-refractivity contribution in [3.63, 3.8) is 0 Å². The monoisotopic (exact) mass is 408 g/mol. The smallest absolute Gasteiger partial charge is 0.252 e. The Morgan fingerprint density at radius 2 is 1.77 bits per heavy atom. The normalized spacial score (nSPS) is 14.1. The fraction of sp³-hybridized carbons (Fsp3) is 0.150. The van der Waals surface area contributed by atoms with E-state index in [0.29, 0.717) is 12.4 Å². The Morgan fingerprint density at radius 3 is 2.50 bits per heavy atom. The van der Waals surface area contributed by atoms with Crippen molar-refractivity contribution in [2.75, 3.05) is 29.9 Å². The number of halogens is 1. The molecule has 2 heterocycles. The molecule has 130 valence electrons. The highest BCUT2D eigenvalue weighted by atomic mass is 79.9. The minimum Gasteiger partial charge on any atom is -0.355 e. The Bertz CT molecular complexity index is 1020. The third-order valence-corrected chi connectivity index (χ3v) is 4.84.